The fourth-order valence-corrected chi connectivity index (χ4v) is 2.67. The molecule has 1 aromatic rings. The quantitative estimate of drug-likeness (QED) is 0.818. The van der Waals surface area contributed by atoms with Crippen LogP contribution < -0.4 is 4.74 Å². The minimum Gasteiger partial charge on any atom is -0.494 e. The van der Waals surface area contributed by atoms with Crippen LogP contribution in [0.5, 0.6) is 5.75 Å². The minimum atomic E-state index is -0.573. The largest absolute Gasteiger partial charge is 0.494 e. The van der Waals surface area contributed by atoms with Crippen molar-refractivity contribution >= 4 is 12.0 Å². The van der Waals surface area contributed by atoms with Gasteiger partial charge in [-0.15, -0.1) is 0 Å². The molecule has 1 heterocycles. The molecule has 1 aliphatic rings. The van der Waals surface area contributed by atoms with Crippen molar-refractivity contribution in [3.8, 4) is 5.75 Å². The van der Waals surface area contributed by atoms with E-state index in [-0.39, 0.29) is 5.91 Å². The molecule has 1 aliphatic heterocycles. The number of hydrogen-bond acceptors (Lipinski definition) is 4. The number of nitrogens with zero attached hydrogens (tertiary/aromatic N) is 2. The summed E-state index contributed by atoms with van der Waals surface area (Å²) in [4.78, 5) is 24.8. The van der Waals surface area contributed by atoms with E-state index in [0.717, 1.165) is 17.7 Å². The Bertz CT molecular complexity index is 592. The Morgan fingerprint density at radius 2 is 1.72 bits per heavy atom. The summed E-state index contributed by atoms with van der Waals surface area (Å²) < 4.78 is 10.8. The molecule has 25 heavy (non-hydrogen) atoms. The molecule has 138 valence electrons. The fourth-order valence-electron chi connectivity index (χ4n) is 2.67. The second-order valence-electron chi connectivity index (χ2n) is 7.05. The minimum absolute atomic E-state index is 0.0581. The van der Waals surface area contributed by atoms with Gasteiger partial charge < -0.3 is 9.47 Å². The summed E-state index contributed by atoms with van der Waals surface area (Å²) in [6.07, 6.45) is 1.30. The Morgan fingerprint density at radius 1 is 1.08 bits per heavy atom. The third kappa shape index (κ3) is 5.66. The molecule has 2 rings (SSSR count). The van der Waals surface area contributed by atoms with Crippen molar-refractivity contribution in [2.45, 2.75) is 52.6 Å². The number of hydrogen-bond donors (Lipinski definition) is 0. The van der Waals surface area contributed by atoms with Crippen LogP contribution in [0, 0.1) is 0 Å². The van der Waals surface area contributed by atoms with Gasteiger partial charge >= 0.3 is 6.09 Å². The van der Waals surface area contributed by atoms with Crippen LogP contribution in [-0.4, -0.2) is 47.3 Å². The highest BCUT2D eigenvalue weighted by Crippen LogP contribution is 2.19. The number of amides is 2. The van der Waals surface area contributed by atoms with Gasteiger partial charge in [-0.25, -0.2) is 14.8 Å². The van der Waals surface area contributed by atoms with Crippen LogP contribution in [-0.2, 0) is 16.0 Å². The molecule has 0 atom stereocenters. The van der Waals surface area contributed by atoms with Crippen molar-refractivity contribution in [2.24, 2.45) is 0 Å². The number of rotatable bonds is 5. The first-order valence-corrected chi connectivity index (χ1v) is 8.82. The maximum atomic E-state index is 12.5. The van der Waals surface area contributed by atoms with Crippen molar-refractivity contribution in [1.29, 1.82) is 0 Å². The Kier molecular flexibility index (Phi) is 6.28. The number of ether oxygens (including phenoxy) is 2. The van der Waals surface area contributed by atoms with Gasteiger partial charge in [-0.1, -0.05) is 12.1 Å². The zero-order valence-electron chi connectivity index (χ0n) is 15.6. The lowest BCUT2D eigenvalue weighted by atomic mass is 10.1. The lowest BCUT2D eigenvalue weighted by Gasteiger charge is -2.30. The second kappa shape index (κ2) is 8.23. The van der Waals surface area contributed by atoms with Crippen LogP contribution in [0.4, 0.5) is 4.79 Å². The Morgan fingerprint density at radius 3 is 2.32 bits per heavy atom. The topological polar surface area (TPSA) is 59.1 Å². The first-order valence-electron chi connectivity index (χ1n) is 8.82. The maximum Gasteiger partial charge on any atom is 0.429 e. The van der Waals surface area contributed by atoms with Gasteiger partial charge in [0.15, 0.2) is 0 Å². The van der Waals surface area contributed by atoms with Crippen molar-refractivity contribution in [1.82, 2.24) is 10.0 Å². The van der Waals surface area contributed by atoms with E-state index >= 15 is 0 Å². The standard InChI is InChI=1S/C19H28N2O4/c1-5-24-16-10-7-15(8-11-16)9-12-17(22)20-13-6-14-21(20)18(23)25-19(2,3)4/h7-8,10-11H,5-6,9,12-14H2,1-4H3. The van der Waals surface area contributed by atoms with Gasteiger partial charge in [-0.3, -0.25) is 4.79 Å². The average Bonchev–Trinajstić information content (AvgIpc) is 3.02. The molecule has 6 heteroatoms. The SMILES string of the molecule is CCOc1ccc(CCC(=O)N2CCCN2C(=O)OC(C)(C)C)cc1. The highest BCUT2D eigenvalue weighted by Gasteiger charge is 2.33. The molecule has 0 radical (unpaired) electrons. The average molecular weight is 348 g/mol. The van der Waals surface area contributed by atoms with Crippen molar-refractivity contribution in [3.63, 3.8) is 0 Å². The van der Waals surface area contributed by atoms with Gasteiger partial charge in [0.2, 0.25) is 5.91 Å². The number of benzene rings is 1. The predicted molar refractivity (Wildman–Crippen MR) is 95.2 cm³/mol. The van der Waals surface area contributed by atoms with Gasteiger partial charge in [-0.05, 0) is 58.2 Å². The third-order valence-electron chi connectivity index (χ3n) is 3.79. The first kappa shape index (κ1) is 19.1. The van der Waals surface area contributed by atoms with Gasteiger partial charge in [0.25, 0.3) is 0 Å². The van der Waals surface area contributed by atoms with E-state index in [4.69, 9.17) is 9.47 Å². The normalized spacial score (nSPS) is 14.6. The summed E-state index contributed by atoms with van der Waals surface area (Å²) in [7, 11) is 0. The van der Waals surface area contributed by atoms with Gasteiger partial charge in [0.05, 0.1) is 6.61 Å². The summed E-state index contributed by atoms with van der Waals surface area (Å²) in [5, 5.41) is 2.94. The van der Waals surface area contributed by atoms with Gasteiger partial charge in [0, 0.05) is 19.5 Å². The molecule has 2 amide bonds. The van der Waals surface area contributed by atoms with E-state index in [0.29, 0.717) is 32.5 Å². The molecule has 1 saturated heterocycles. The highest BCUT2D eigenvalue weighted by molar-refractivity contribution is 5.80. The van der Waals surface area contributed by atoms with E-state index in [2.05, 4.69) is 0 Å². The molecular formula is C19H28N2O4. The molecule has 0 unspecified atom stereocenters. The smallest absolute Gasteiger partial charge is 0.429 e. The number of carbonyl (C=O) groups is 2. The van der Waals surface area contributed by atoms with Crippen molar-refractivity contribution in [2.75, 3.05) is 19.7 Å². The van der Waals surface area contributed by atoms with Crippen LogP contribution in [0.25, 0.3) is 0 Å². The molecule has 0 spiro atoms. The van der Waals surface area contributed by atoms with E-state index in [1.165, 1.54) is 10.0 Å². The summed E-state index contributed by atoms with van der Waals surface area (Å²) >= 11 is 0. The molecular weight excluding hydrogens is 320 g/mol. The second-order valence-corrected chi connectivity index (χ2v) is 7.05. The lowest BCUT2D eigenvalue weighted by Crippen LogP contribution is -2.46. The zero-order chi connectivity index (χ0) is 18.4. The summed E-state index contributed by atoms with van der Waals surface area (Å²) in [6.45, 7) is 9.11. The molecule has 0 bridgehead atoms. The Labute approximate surface area is 149 Å². The number of aryl methyl sites for hydroxylation is 1. The molecule has 0 N–H and O–H groups in total. The van der Waals surface area contributed by atoms with Crippen LogP contribution in [0.2, 0.25) is 0 Å². The van der Waals surface area contributed by atoms with Crippen LogP contribution >= 0.6 is 0 Å². The lowest BCUT2D eigenvalue weighted by molar-refractivity contribution is -0.142. The van der Waals surface area contributed by atoms with E-state index in [9.17, 15) is 9.59 Å². The zero-order valence-corrected chi connectivity index (χ0v) is 15.6. The Balaban J connectivity index is 1.89. The third-order valence-corrected chi connectivity index (χ3v) is 3.79. The monoisotopic (exact) mass is 348 g/mol. The molecule has 0 aliphatic carbocycles. The highest BCUT2D eigenvalue weighted by atomic mass is 16.6. The molecule has 1 fully saturated rings. The summed E-state index contributed by atoms with van der Waals surface area (Å²) in [5.74, 6) is 0.769. The van der Waals surface area contributed by atoms with Gasteiger partial charge in [-0.2, -0.15) is 0 Å². The van der Waals surface area contributed by atoms with Crippen molar-refractivity contribution in [3.05, 3.63) is 29.8 Å². The molecule has 1 aromatic carbocycles. The van der Waals surface area contributed by atoms with E-state index < -0.39 is 11.7 Å². The molecule has 0 aromatic heterocycles. The van der Waals surface area contributed by atoms with Crippen molar-refractivity contribution < 1.29 is 19.1 Å². The summed E-state index contributed by atoms with van der Waals surface area (Å²) in [6, 6.07) is 7.75. The van der Waals surface area contributed by atoms with Crippen LogP contribution in [0.3, 0.4) is 0 Å². The first-order chi connectivity index (χ1) is 11.8. The Hall–Kier alpha value is -2.24. The number of hydrazine groups is 1. The van der Waals surface area contributed by atoms with Crippen LogP contribution in [0.15, 0.2) is 24.3 Å². The van der Waals surface area contributed by atoms with Crippen LogP contribution in [0.1, 0.15) is 46.1 Å². The predicted octanol–water partition coefficient (Wildman–Crippen LogP) is 3.40. The van der Waals surface area contributed by atoms with Gasteiger partial charge in [0.1, 0.15) is 11.4 Å². The summed E-state index contributed by atoms with van der Waals surface area (Å²) in [5.41, 5.74) is 0.497. The van der Waals surface area contributed by atoms with E-state index in [1.807, 2.05) is 52.0 Å². The van der Waals surface area contributed by atoms with E-state index in [1.54, 1.807) is 0 Å². The maximum absolute atomic E-state index is 12.5. The number of carbonyl (C=O) groups excluding carboxylic acids is 2. The fraction of sp³-hybridized carbons (Fsp3) is 0.579. The molecule has 0 saturated carbocycles. The molecule has 6 nitrogen and oxygen atoms in total.